The largest absolute Gasteiger partial charge is 0.361 e. The van der Waals surface area contributed by atoms with Crippen LogP contribution in [-0.4, -0.2) is 11.0 Å². The molecule has 4 nitrogen and oxygen atoms in total. The standard InChI is InChI=1S/C17H17N3O/c1-12-2-4-13(5-3-12)11-19-17(21)20-15-6-7-16-14(10-15)8-9-18-16/h2-10,18H,11H2,1H3,(H2,19,20,21). The molecule has 2 aromatic carbocycles. The summed E-state index contributed by atoms with van der Waals surface area (Å²) in [5, 5.41) is 6.77. The fourth-order valence-electron chi connectivity index (χ4n) is 2.19. The van der Waals surface area contributed by atoms with Gasteiger partial charge in [-0.3, -0.25) is 0 Å². The van der Waals surface area contributed by atoms with E-state index in [1.807, 2.05) is 61.7 Å². The first-order valence-electron chi connectivity index (χ1n) is 6.88. The predicted molar refractivity (Wildman–Crippen MR) is 85.3 cm³/mol. The third-order valence-corrected chi connectivity index (χ3v) is 3.38. The topological polar surface area (TPSA) is 56.9 Å². The van der Waals surface area contributed by atoms with Gasteiger partial charge in [-0.05, 0) is 36.8 Å². The number of urea groups is 1. The number of carbonyl (C=O) groups excluding carboxylic acids is 1. The number of fused-ring (bicyclic) bond motifs is 1. The summed E-state index contributed by atoms with van der Waals surface area (Å²) in [6, 6.07) is 15.6. The van der Waals surface area contributed by atoms with E-state index in [2.05, 4.69) is 15.6 Å². The van der Waals surface area contributed by atoms with E-state index in [1.54, 1.807) is 0 Å². The molecule has 2 amide bonds. The van der Waals surface area contributed by atoms with Crippen molar-refractivity contribution in [3.05, 3.63) is 65.9 Å². The van der Waals surface area contributed by atoms with E-state index in [0.717, 1.165) is 22.2 Å². The molecule has 0 spiro atoms. The molecule has 0 fully saturated rings. The highest BCUT2D eigenvalue weighted by Crippen LogP contribution is 2.17. The summed E-state index contributed by atoms with van der Waals surface area (Å²) in [6.07, 6.45) is 1.88. The van der Waals surface area contributed by atoms with Gasteiger partial charge in [0.2, 0.25) is 0 Å². The molecule has 3 N–H and O–H groups in total. The van der Waals surface area contributed by atoms with Crippen molar-refractivity contribution in [2.75, 3.05) is 5.32 Å². The van der Waals surface area contributed by atoms with Crippen LogP contribution in [0.15, 0.2) is 54.7 Å². The zero-order chi connectivity index (χ0) is 14.7. The molecule has 0 unspecified atom stereocenters. The van der Waals surface area contributed by atoms with E-state index in [1.165, 1.54) is 5.56 Å². The van der Waals surface area contributed by atoms with Gasteiger partial charge in [-0.15, -0.1) is 0 Å². The minimum absolute atomic E-state index is 0.203. The molecule has 0 aliphatic carbocycles. The Kier molecular flexibility index (Phi) is 3.60. The van der Waals surface area contributed by atoms with Crippen LogP contribution in [0.1, 0.15) is 11.1 Å². The molecule has 106 valence electrons. The van der Waals surface area contributed by atoms with Gasteiger partial charge in [0, 0.05) is 29.3 Å². The molecule has 0 bridgehead atoms. The second-order valence-corrected chi connectivity index (χ2v) is 5.07. The number of hydrogen-bond donors (Lipinski definition) is 3. The second-order valence-electron chi connectivity index (χ2n) is 5.07. The molecule has 0 atom stereocenters. The maximum Gasteiger partial charge on any atom is 0.319 e. The first-order chi connectivity index (χ1) is 10.2. The Labute approximate surface area is 123 Å². The molecule has 0 radical (unpaired) electrons. The van der Waals surface area contributed by atoms with Crippen molar-refractivity contribution in [3.63, 3.8) is 0 Å². The van der Waals surface area contributed by atoms with Crippen molar-refractivity contribution in [3.8, 4) is 0 Å². The van der Waals surface area contributed by atoms with E-state index in [0.29, 0.717) is 6.54 Å². The van der Waals surface area contributed by atoms with Crippen LogP contribution in [0.5, 0.6) is 0 Å². The summed E-state index contributed by atoms with van der Waals surface area (Å²) in [5.41, 5.74) is 4.13. The third-order valence-electron chi connectivity index (χ3n) is 3.38. The van der Waals surface area contributed by atoms with Crippen molar-refractivity contribution in [1.29, 1.82) is 0 Å². The van der Waals surface area contributed by atoms with Crippen LogP contribution in [-0.2, 0) is 6.54 Å². The molecule has 1 heterocycles. The third kappa shape index (κ3) is 3.23. The molecule has 3 rings (SSSR count). The summed E-state index contributed by atoms with van der Waals surface area (Å²) < 4.78 is 0. The summed E-state index contributed by atoms with van der Waals surface area (Å²) in [4.78, 5) is 15.0. The van der Waals surface area contributed by atoms with Gasteiger partial charge in [0.05, 0.1) is 0 Å². The van der Waals surface area contributed by atoms with Gasteiger partial charge in [0.25, 0.3) is 0 Å². The smallest absolute Gasteiger partial charge is 0.319 e. The van der Waals surface area contributed by atoms with Crippen LogP contribution in [0.25, 0.3) is 10.9 Å². The lowest BCUT2D eigenvalue weighted by Crippen LogP contribution is -2.28. The van der Waals surface area contributed by atoms with E-state index >= 15 is 0 Å². The maximum absolute atomic E-state index is 11.9. The summed E-state index contributed by atoms with van der Waals surface area (Å²) in [6.45, 7) is 2.56. The number of H-pyrrole nitrogens is 1. The van der Waals surface area contributed by atoms with E-state index < -0.39 is 0 Å². The van der Waals surface area contributed by atoms with Gasteiger partial charge in [0.15, 0.2) is 0 Å². The Hall–Kier alpha value is -2.75. The van der Waals surface area contributed by atoms with Gasteiger partial charge in [-0.25, -0.2) is 4.79 Å². The van der Waals surface area contributed by atoms with E-state index in [-0.39, 0.29) is 6.03 Å². The highest BCUT2D eigenvalue weighted by atomic mass is 16.2. The molecule has 0 aliphatic heterocycles. The number of nitrogens with one attached hydrogen (secondary N) is 3. The molecular weight excluding hydrogens is 262 g/mol. The quantitative estimate of drug-likeness (QED) is 0.671. The highest BCUT2D eigenvalue weighted by molar-refractivity contribution is 5.92. The van der Waals surface area contributed by atoms with E-state index in [9.17, 15) is 4.79 Å². The lowest BCUT2D eigenvalue weighted by atomic mass is 10.1. The van der Waals surface area contributed by atoms with Gasteiger partial charge in [-0.1, -0.05) is 29.8 Å². The summed E-state index contributed by atoms with van der Waals surface area (Å²) in [5.74, 6) is 0. The first kappa shape index (κ1) is 13.2. The van der Waals surface area contributed by atoms with Gasteiger partial charge >= 0.3 is 6.03 Å². The summed E-state index contributed by atoms with van der Waals surface area (Å²) >= 11 is 0. The number of aromatic amines is 1. The Bertz CT molecular complexity index is 759. The van der Waals surface area contributed by atoms with Crippen LogP contribution in [0.3, 0.4) is 0 Å². The van der Waals surface area contributed by atoms with Crippen LogP contribution in [0, 0.1) is 6.92 Å². The minimum atomic E-state index is -0.203. The van der Waals surface area contributed by atoms with Crippen molar-refractivity contribution < 1.29 is 4.79 Å². The Morgan fingerprint density at radius 2 is 1.90 bits per heavy atom. The molecular formula is C17H17N3O. The molecule has 0 saturated heterocycles. The van der Waals surface area contributed by atoms with Gasteiger partial charge < -0.3 is 15.6 Å². The van der Waals surface area contributed by atoms with Crippen LogP contribution in [0.2, 0.25) is 0 Å². The van der Waals surface area contributed by atoms with Crippen LogP contribution in [0.4, 0.5) is 10.5 Å². The van der Waals surface area contributed by atoms with Crippen molar-refractivity contribution >= 4 is 22.6 Å². The van der Waals surface area contributed by atoms with Crippen LogP contribution >= 0.6 is 0 Å². The Balaban J connectivity index is 1.59. The zero-order valence-electron chi connectivity index (χ0n) is 11.8. The monoisotopic (exact) mass is 279 g/mol. The number of benzene rings is 2. The molecule has 4 heteroatoms. The minimum Gasteiger partial charge on any atom is -0.361 e. The van der Waals surface area contributed by atoms with Gasteiger partial charge in [0.1, 0.15) is 0 Å². The normalized spacial score (nSPS) is 10.5. The predicted octanol–water partition coefficient (Wildman–Crippen LogP) is 3.80. The van der Waals surface area contributed by atoms with E-state index in [4.69, 9.17) is 0 Å². The fourth-order valence-corrected chi connectivity index (χ4v) is 2.19. The fraction of sp³-hybridized carbons (Fsp3) is 0.118. The zero-order valence-corrected chi connectivity index (χ0v) is 11.8. The average molecular weight is 279 g/mol. The van der Waals surface area contributed by atoms with Crippen molar-refractivity contribution in [1.82, 2.24) is 10.3 Å². The number of aromatic nitrogens is 1. The number of rotatable bonds is 3. The number of anilines is 1. The average Bonchev–Trinajstić information content (AvgIpc) is 2.94. The lowest BCUT2D eigenvalue weighted by Gasteiger charge is -2.08. The lowest BCUT2D eigenvalue weighted by molar-refractivity contribution is 0.251. The van der Waals surface area contributed by atoms with Crippen LogP contribution < -0.4 is 10.6 Å². The molecule has 1 aromatic heterocycles. The first-order valence-corrected chi connectivity index (χ1v) is 6.88. The highest BCUT2D eigenvalue weighted by Gasteiger charge is 2.03. The molecule has 21 heavy (non-hydrogen) atoms. The van der Waals surface area contributed by atoms with Crippen molar-refractivity contribution in [2.45, 2.75) is 13.5 Å². The number of amides is 2. The Morgan fingerprint density at radius 1 is 1.10 bits per heavy atom. The number of aryl methyl sites for hydroxylation is 1. The second kappa shape index (κ2) is 5.71. The Morgan fingerprint density at radius 3 is 2.71 bits per heavy atom. The maximum atomic E-state index is 11.9. The van der Waals surface area contributed by atoms with Gasteiger partial charge in [-0.2, -0.15) is 0 Å². The summed E-state index contributed by atoms with van der Waals surface area (Å²) in [7, 11) is 0. The molecule has 0 aliphatic rings. The van der Waals surface area contributed by atoms with Crippen molar-refractivity contribution in [2.24, 2.45) is 0 Å². The number of carbonyl (C=O) groups is 1. The molecule has 3 aromatic rings. The SMILES string of the molecule is Cc1ccc(CNC(=O)Nc2ccc3[nH]ccc3c2)cc1. The number of hydrogen-bond acceptors (Lipinski definition) is 1. The molecule has 0 saturated carbocycles.